The summed E-state index contributed by atoms with van der Waals surface area (Å²) in [6.45, 7) is 0. The highest BCUT2D eigenvalue weighted by Gasteiger charge is 2.34. The number of hydrogen-bond donors (Lipinski definition) is 1. The number of nitrogens with one attached hydrogen (secondary N) is 1. The standard InChI is InChI=1S/C16H19ClNO3P/c1-20-22(19,21-2)16(18-14-9-4-3-5-10-14)12-13-8-6-7-11-15(13)17/h3-11,16,18H,12H2,1-2H3. The first-order chi connectivity index (χ1) is 10.6. The Kier molecular flexibility index (Phi) is 6.04. The average molecular weight is 340 g/mol. The van der Waals surface area contributed by atoms with Crippen molar-refractivity contribution in [3.63, 3.8) is 0 Å². The molecule has 0 aliphatic carbocycles. The van der Waals surface area contributed by atoms with Crippen molar-refractivity contribution in [1.29, 1.82) is 0 Å². The van der Waals surface area contributed by atoms with Gasteiger partial charge in [0.15, 0.2) is 0 Å². The molecule has 0 spiro atoms. The Morgan fingerprint density at radius 3 is 2.23 bits per heavy atom. The minimum Gasteiger partial charge on any atom is -0.371 e. The van der Waals surface area contributed by atoms with E-state index in [-0.39, 0.29) is 0 Å². The molecule has 22 heavy (non-hydrogen) atoms. The van der Waals surface area contributed by atoms with E-state index in [4.69, 9.17) is 20.6 Å². The molecule has 0 radical (unpaired) electrons. The Hall–Kier alpha value is -1.32. The molecule has 1 unspecified atom stereocenters. The fourth-order valence-electron chi connectivity index (χ4n) is 2.17. The van der Waals surface area contributed by atoms with Gasteiger partial charge in [-0.25, -0.2) is 0 Å². The molecule has 0 saturated carbocycles. The summed E-state index contributed by atoms with van der Waals surface area (Å²) >= 11 is 6.21. The van der Waals surface area contributed by atoms with E-state index in [1.165, 1.54) is 14.2 Å². The van der Waals surface area contributed by atoms with Crippen LogP contribution in [0.25, 0.3) is 0 Å². The molecule has 6 heteroatoms. The maximum absolute atomic E-state index is 12.8. The lowest BCUT2D eigenvalue weighted by Crippen LogP contribution is -2.24. The molecule has 0 aromatic heterocycles. The summed E-state index contributed by atoms with van der Waals surface area (Å²) in [5, 5.41) is 3.85. The van der Waals surface area contributed by atoms with E-state index in [1.54, 1.807) is 6.07 Å². The average Bonchev–Trinajstić information content (AvgIpc) is 2.56. The number of rotatable bonds is 7. The van der Waals surface area contributed by atoms with Gasteiger partial charge >= 0.3 is 7.60 Å². The number of anilines is 1. The van der Waals surface area contributed by atoms with Crippen LogP contribution in [-0.4, -0.2) is 20.0 Å². The topological polar surface area (TPSA) is 47.6 Å². The molecule has 0 saturated heterocycles. The van der Waals surface area contributed by atoms with Crippen LogP contribution in [0.5, 0.6) is 0 Å². The second-order valence-corrected chi connectivity index (χ2v) is 7.57. The lowest BCUT2D eigenvalue weighted by Gasteiger charge is -2.26. The molecular weight excluding hydrogens is 321 g/mol. The van der Waals surface area contributed by atoms with Crippen molar-refractivity contribution in [2.24, 2.45) is 0 Å². The van der Waals surface area contributed by atoms with Gasteiger partial charge in [-0.15, -0.1) is 0 Å². The molecule has 4 nitrogen and oxygen atoms in total. The molecule has 0 aliphatic heterocycles. The molecule has 0 fully saturated rings. The van der Waals surface area contributed by atoms with Crippen LogP contribution in [0.15, 0.2) is 54.6 Å². The van der Waals surface area contributed by atoms with Gasteiger partial charge in [-0.3, -0.25) is 4.57 Å². The first-order valence-corrected chi connectivity index (χ1v) is 8.84. The Morgan fingerprint density at radius 1 is 1.05 bits per heavy atom. The van der Waals surface area contributed by atoms with Crippen molar-refractivity contribution in [2.45, 2.75) is 12.2 Å². The van der Waals surface area contributed by atoms with Crippen LogP contribution in [0.4, 0.5) is 5.69 Å². The van der Waals surface area contributed by atoms with Crippen molar-refractivity contribution >= 4 is 24.9 Å². The van der Waals surface area contributed by atoms with Gasteiger partial charge in [-0.05, 0) is 23.8 Å². The first-order valence-electron chi connectivity index (χ1n) is 6.85. The smallest absolute Gasteiger partial charge is 0.352 e. The molecule has 1 N–H and O–H groups in total. The SMILES string of the molecule is COP(=O)(OC)C(Cc1ccccc1Cl)Nc1ccccc1. The normalized spacial score (nSPS) is 12.9. The molecule has 0 bridgehead atoms. The minimum atomic E-state index is -3.31. The minimum absolute atomic E-state index is 0.424. The van der Waals surface area contributed by atoms with E-state index in [0.717, 1.165) is 11.3 Å². The van der Waals surface area contributed by atoms with Gasteiger partial charge in [0.25, 0.3) is 0 Å². The maximum atomic E-state index is 12.8. The molecule has 0 aliphatic rings. The third kappa shape index (κ3) is 4.11. The highest BCUT2D eigenvalue weighted by molar-refractivity contribution is 7.54. The van der Waals surface area contributed by atoms with Crippen molar-refractivity contribution in [3.8, 4) is 0 Å². The Bertz CT molecular complexity index is 643. The van der Waals surface area contributed by atoms with Gasteiger partial charge in [0.2, 0.25) is 0 Å². The fraction of sp³-hybridized carbons (Fsp3) is 0.250. The molecule has 2 rings (SSSR count). The highest BCUT2D eigenvalue weighted by atomic mass is 35.5. The van der Waals surface area contributed by atoms with Gasteiger partial charge in [0, 0.05) is 31.4 Å². The van der Waals surface area contributed by atoms with Crippen molar-refractivity contribution in [2.75, 3.05) is 19.5 Å². The monoisotopic (exact) mass is 339 g/mol. The van der Waals surface area contributed by atoms with E-state index in [2.05, 4.69) is 5.32 Å². The van der Waals surface area contributed by atoms with Gasteiger partial charge in [-0.1, -0.05) is 48.0 Å². The Balaban J connectivity index is 2.29. The van der Waals surface area contributed by atoms with Crippen molar-refractivity contribution in [3.05, 3.63) is 65.2 Å². The van der Waals surface area contributed by atoms with Crippen LogP contribution < -0.4 is 5.32 Å². The lowest BCUT2D eigenvalue weighted by molar-refractivity contribution is 0.268. The number of benzene rings is 2. The van der Waals surface area contributed by atoms with E-state index in [1.807, 2.05) is 48.5 Å². The van der Waals surface area contributed by atoms with Crippen LogP contribution in [0.2, 0.25) is 5.02 Å². The van der Waals surface area contributed by atoms with Crippen molar-refractivity contribution in [1.82, 2.24) is 0 Å². The third-order valence-electron chi connectivity index (χ3n) is 3.37. The summed E-state index contributed by atoms with van der Waals surface area (Å²) in [6, 6.07) is 17.0. The summed E-state index contributed by atoms with van der Waals surface area (Å²) < 4.78 is 23.1. The van der Waals surface area contributed by atoms with Crippen LogP contribution in [0.3, 0.4) is 0 Å². The van der Waals surface area contributed by atoms with Gasteiger partial charge in [0.05, 0.1) is 0 Å². The highest BCUT2D eigenvalue weighted by Crippen LogP contribution is 2.52. The number of halogens is 1. The van der Waals surface area contributed by atoms with E-state index in [0.29, 0.717) is 11.4 Å². The lowest BCUT2D eigenvalue weighted by atomic mass is 10.1. The van der Waals surface area contributed by atoms with E-state index in [9.17, 15) is 4.57 Å². The summed E-state index contributed by atoms with van der Waals surface area (Å²) in [7, 11) is -0.541. The number of hydrogen-bond acceptors (Lipinski definition) is 4. The second kappa shape index (κ2) is 7.80. The van der Waals surface area contributed by atoms with Gasteiger partial charge in [-0.2, -0.15) is 0 Å². The summed E-state index contributed by atoms with van der Waals surface area (Å²) in [5.74, 6) is -0.537. The predicted octanol–water partition coefficient (Wildman–Crippen LogP) is 4.81. The Labute approximate surface area is 135 Å². The molecule has 0 heterocycles. The second-order valence-electron chi connectivity index (χ2n) is 4.73. The molecule has 2 aromatic rings. The van der Waals surface area contributed by atoms with Crippen LogP contribution in [0, 0.1) is 0 Å². The fourth-order valence-corrected chi connectivity index (χ4v) is 3.77. The van der Waals surface area contributed by atoms with E-state index < -0.39 is 13.4 Å². The van der Waals surface area contributed by atoms with Gasteiger partial charge in [0.1, 0.15) is 5.78 Å². The third-order valence-corrected chi connectivity index (χ3v) is 5.83. The Morgan fingerprint density at radius 2 is 1.64 bits per heavy atom. The van der Waals surface area contributed by atoms with Crippen molar-refractivity contribution < 1.29 is 13.6 Å². The zero-order valence-corrected chi connectivity index (χ0v) is 14.2. The van der Waals surface area contributed by atoms with Crippen LogP contribution in [-0.2, 0) is 20.0 Å². The van der Waals surface area contributed by atoms with Crippen LogP contribution in [0.1, 0.15) is 5.56 Å². The summed E-state index contributed by atoms with van der Waals surface area (Å²) in [6.07, 6.45) is 0.424. The molecule has 0 amide bonds. The largest absolute Gasteiger partial charge is 0.371 e. The number of para-hydroxylation sites is 1. The zero-order valence-electron chi connectivity index (χ0n) is 12.5. The molecular formula is C16H19ClNO3P. The van der Waals surface area contributed by atoms with Gasteiger partial charge < -0.3 is 14.4 Å². The molecule has 1 atom stereocenters. The summed E-state index contributed by atoms with van der Waals surface area (Å²) in [4.78, 5) is 0. The van der Waals surface area contributed by atoms with E-state index >= 15 is 0 Å². The molecule has 2 aromatic carbocycles. The quantitative estimate of drug-likeness (QED) is 0.736. The molecule has 118 valence electrons. The summed E-state index contributed by atoms with van der Waals surface area (Å²) in [5.41, 5.74) is 1.72. The predicted molar refractivity (Wildman–Crippen MR) is 90.6 cm³/mol. The first kappa shape index (κ1) is 17.0. The maximum Gasteiger partial charge on any atom is 0.352 e. The van der Waals surface area contributed by atoms with Crippen LogP contribution >= 0.6 is 19.2 Å². The zero-order chi connectivity index (χ0) is 16.0.